The summed E-state index contributed by atoms with van der Waals surface area (Å²) in [5, 5.41) is 0. The van der Waals surface area contributed by atoms with Crippen molar-refractivity contribution < 1.29 is 4.79 Å². The van der Waals surface area contributed by atoms with Crippen LogP contribution < -0.4 is 4.80 Å². The minimum atomic E-state index is -0.214. The molecule has 140 valence electrons. The number of carbonyl (C=O) groups is 1. The summed E-state index contributed by atoms with van der Waals surface area (Å²) in [6, 6.07) is 12.1. The molecule has 0 radical (unpaired) electrons. The fraction of sp³-hybridized carbons (Fsp3) is 0.304. The molecule has 0 aliphatic heterocycles. The van der Waals surface area contributed by atoms with Gasteiger partial charge < -0.3 is 4.57 Å². The number of fused-ring (bicyclic) bond motifs is 1. The molecule has 0 atom stereocenters. The van der Waals surface area contributed by atoms with Crippen LogP contribution in [-0.4, -0.2) is 10.5 Å². The topological polar surface area (TPSA) is 34.4 Å². The molecular weight excluding hydrogens is 352 g/mol. The second-order valence-electron chi connectivity index (χ2n) is 7.96. The van der Waals surface area contributed by atoms with Gasteiger partial charge in [-0.05, 0) is 54.2 Å². The van der Waals surface area contributed by atoms with E-state index in [-0.39, 0.29) is 11.3 Å². The maximum Gasteiger partial charge on any atom is 0.279 e. The molecule has 0 unspecified atom stereocenters. The Balaban J connectivity index is 2.09. The van der Waals surface area contributed by atoms with E-state index in [2.05, 4.69) is 62.9 Å². The quantitative estimate of drug-likeness (QED) is 0.551. The van der Waals surface area contributed by atoms with E-state index in [1.165, 1.54) is 16.7 Å². The number of aromatic nitrogens is 1. The van der Waals surface area contributed by atoms with Gasteiger partial charge in [0.2, 0.25) is 0 Å². The maximum absolute atomic E-state index is 12.8. The first kappa shape index (κ1) is 19.3. The van der Waals surface area contributed by atoms with Crippen molar-refractivity contribution in [1.29, 1.82) is 0 Å². The molecular formula is C23H26N2OS. The van der Waals surface area contributed by atoms with Crippen LogP contribution in [0.5, 0.6) is 0 Å². The number of amides is 1. The number of hydrogen-bond acceptors (Lipinski definition) is 2. The second kappa shape index (κ2) is 7.28. The zero-order valence-electron chi connectivity index (χ0n) is 16.7. The molecule has 1 amide bonds. The van der Waals surface area contributed by atoms with Crippen LogP contribution in [0.25, 0.3) is 10.2 Å². The Kier molecular flexibility index (Phi) is 5.20. The van der Waals surface area contributed by atoms with Gasteiger partial charge in [-0.3, -0.25) is 4.79 Å². The number of aryl methyl sites for hydroxylation is 2. The van der Waals surface area contributed by atoms with Gasteiger partial charge in [-0.15, -0.1) is 6.58 Å². The van der Waals surface area contributed by atoms with E-state index in [1.54, 1.807) is 11.3 Å². The second-order valence-corrected chi connectivity index (χ2v) is 8.94. The molecule has 0 bridgehead atoms. The Hall–Kier alpha value is -2.46. The molecule has 3 nitrogen and oxygen atoms in total. The molecule has 0 fully saturated rings. The van der Waals surface area contributed by atoms with E-state index in [4.69, 9.17) is 0 Å². The average molecular weight is 379 g/mol. The van der Waals surface area contributed by atoms with Crippen molar-refractivity contribution in [3.8, 4) is 0 Å². The first-order chi connectivity index (χ1) is 12.7. The van der Waals surface area contributed by atoms with E-state index in [9.17, 15) is 4.79 Å². The number of carbonyl (C=O) groups excluding carboxylic acids is 1. The van der Waals surface area contributed by atoms with E-state index in [1.807, 2.05) is 30.3 Å². The molecule has 0 saturated carbocycles. The van der Waals surface area contributed by atoms with Crippen molar-refractivity contribution in [3.63, 3.8) is 0 Å². The highest BCUT2D eigenvalue weighted by molar-refractivity contribution is 7.16. The molecule has 0 aliphatic carbocycles. The Morgan fingerprint density at radius 3 is 2.44 bits per heavy atom. The average Bonchev–Trinajstić information content (AvgIpc) is 2.92. The van der Waals surface area contributed by atoms with E-state index >= 15 is 0 Å². The number of thiazole rings is 1. The van der Waals surface area contributed by atoms with Crippen LogP contribution in [0, 0.1) is 13.8 Å². The summed E-state index contributed by atoms with van der Waals surface area (Å²) in [4.78, 5) is 17.9. The number of benzene rings is 2. The molecule has 4 heteroatoms. The minimum absolute atomic E-state index is 0.0621. The lowest BCUT2D eigenvalue weighted by atomic mass is 9.87. The van der Waals surface area contributed by atoms with Crippen LogP contribution in [0.2, 0.25) is 0 Å². The largest absolute Gasteiger partial charge is 0.312 e. The van der Waals surface area contributed by atoms with Crippen LogP contribution in [0.15, 0.2) is 54.0 Å². The first-order valence-corrected chi connectivity index (χ1v) is 9.93. The van der Waals surface area contributed by atoms with E-state index in [0.717, 1.165) is 10.2 Å². The summed E-state index contributed by atoms with van der Waals surface area (Å²) in [5.41, 5.74) is 5.38. The van der Waals surface area contributed by atoms with Gasteiger partial charge >= 0.3 is 0 Å². The smallest absolute Gasteiger partial charge is 0.279 e. The van der Waals surface area contributed by atoms with Crippen molar-refractivity contribution in [3.05, 3.63) is 76.1 Å². The van der Waals surface area contributed by atoms with Crippen molar-refractivity contribution >= 4 is 27.5 Å². The molecule has 1 aromatic heterocycles. The Morgan fingerprint density at radius 1 is 1.19 bits per heavy atom. The van der Waals surface area contributed by atoms with Gasteiger partial charge in [0.05, 0.1) is 10.2 Å². The molecule has 3 aromatic rings. The van der Waals surface area contributed by atoms with Crippen LogP contribution in [0.1, 0.15) is 47.8 Å². The SMILES string of the molecule is C=CCn1c(=NC(=O)c2ccc(C(C)(C)C)cc2)sc2c(C)cc(C)cc21. The van der Waals surface area contributed by atoms with Gasteiger partial charge in [-0.2, -0.15) is 4.99 Å². The normalized spacial score (nSPS) is 12.6. The van der Waals surface area contributed by atoms with Gasteiger partial charge in [-0.25, -0.2) is 0 Å². The van der Waals surface area contributed by atoms with Gasteiger partial charge in [0.15, 0.2) is 4.80 Å². The lowest BCUT2D eigenvalue weighted by Gasteiger charge is -2.18. The Bertz CT molecular complexity index is 1080. The summed E-state index contributed by atoms with van der Waals surface area (Å²) < 4.78 is 3.23. The van der Waals surface area contributed by atoms with Gasteiger partial charge in [0, 0.05) is 12.1 Å². The Morgan fingerprint density at radius 2 is 1.85 bits per heavy atom. The van der Waals surface area contributed by atoms with E-state index in [0.29, 0.717) is 16.9 Å². The van der Waals surface area contributed by atoms with E-state index < -0.39 is 0 Å². The zero-order valence-corrected chi connectivity index (χ0v) is 17.5. The molecule has 0 aliphatic rings. The summed E-state index contributed by atoms with van der Waals surface area (Å²) in [6.45, 7) is 15.1. The maximum atomic E-state index is 12.8. The van der Waals surface area contributed by atoms with Gasteiger partial charge in [0.25, 0.3) is 5.91 Å². The lowest BCUT2D eigenvalue weighted by Crippen LogP contribution is -2.16. The van der Waals surface area contributed by atoms with Crippen molar-refractivity contribution in [2.75, 3.05) is 0 Å². The van der Waals surface area contributed by atoms with Gasteiger partial charge in [-0.1, -0.05) is 56.4 Å². The highest BCUT2D eigenvalue weighted by Crippen LogP contribution is 2.24. The number of nitrogens with zero attached hydrogens (tertiary/aromatic N) is 2. The fourth-order valence-corrected chi connectivity index (χ4v) is 4.26. The molecule has 0 saturated heterocycles. The van der Waals surface area contributed by atoms with Crippen LogP contribution in [-0.2, 0) is 12.0 Å². The Labute approximate surface area is 164 Å². The van der Waals surface area contributed by atoms with Crippen molar-refractivity contribution in [2.45, 2.75) is 46.6 Å². The lowest BCUT2D eigenvalue weighted by molar-refractivity contribution is 0.0998. The highest BCUT2D eigenvalue weighted by atomic mass is 32.1. The molecule has 0 spiro atoms. The van der Waals surface area contributed by atoms with Crippen LogP contribution in [0.4, 0.5) is 0 Å². The minimum Gasteiger partial charge on any atom is -0.312 e. The third-order valence-electron chi connectivity index (χ3n) is 4.62. The van der Waals surface area contributed by atoms with Crippen molar-refractivity contribution in [2.24, 2.45) is 4.99 Å². The van der Waals surface area contributed by atoms with Crippen molar-refractivity contribution in [1.82, 2.24) is 4.57 Å². The molecule has 0 N–H and O–H groups in total. The fourth-order valence-electron chi connectivity index (χ4n) is 3.17. The number of hydrogen-bond donors (Lipinski definition) is 0. The summed E-state index contributed by atoms with van der Waals surface area (Å²) in [5.74, 6) is -0.214. The molecule has 27 heavy (non-hydrogen) atoms. The monoisotopic (exact) mass is 378 g/mol. The summed E-state index contributed by atoms with van der Waals surface area (Å²) >= 11 is 1.56. The third kappa shape index (κ3) is 3.96. The number of allylic oxidation sites excluding steroid dienone is 1. The predicted octanol–water partition coefficient (Wildman–Crippen LogP) is 5.54. The highest BCUT2D eigenvalue weighted by Gasteiger charge is 2.15. The molecule has 3 rings (SSSR count). The standard InChI is InChI=1S/C23H26N2OS/c1-7-12-25-19-14-15(2)13-16(3)20(19)27-22(25)24-21(26)17-8-10-18(11-9-17)23(4,5)6/h7-11,13-14H,1,12H2,2-6H3. The predicted molar refractivity (Wildman–Crippen MR) is 115 cm³/mol. The first-order valence-electron chi connectivity index (χ1n) is 9.12. The molecule has 1 heterocycles. The number of rotatable bonds is 3. The summed E-state index contributed by atoms with van der Waals surface area (Å²) in [7, 11) is 0. The third-order valence-corrected chi connectivity index (χ3v) is 5.85. The zero-order chi connectivity index (χ0) is 19.8. The van der Waals surface area contributed by atoms with Crippen LogP contribution in [0.3, 0.4) is 0 Å². The van der Waals surface area contributed by atoms with Crippen LogP contribution >= 0.6 is 11.3 Å². The summed E-state index contributed by atoms with van der Waals surface area (Å²) in [6.07, 6.45) is 1.84. The molecule has 2 aromatic carbocycles. The van der Waals surface area contributed by atoms with Gasteiger partial charge in [0.1, 0.15) is 0 Å².